The molecule has 1 aromatic carbocycles. The highest BCUT2D eigenvalue weighted by atomic mass is 32.1. The number of likely N-dealkylation sites (N-methyl/N-ethyl adjacent to an activating group) is 1. The highest BCUT2D eigenvalue weighted by Gasteiger charge is 2.23. The number of methoxy groups -OCH3 is 1. The lowest BCUT2D eigenvalue weighted by Crippen LogP contribution is -2.46. The molecule has 1 aliphatic rings. The van der Waals surface area contributed by atoms with E-state index in [0.717, 1.165) is 56.1 Å². The molecule has 16 heteroatoms. The minimum atomic E-state index is -1.82. The molecular weight excluding hydrogens is 590 g/mol. The van der Waals surface area contributed by atoms with E-state index in [1.54, 1.807) is 14.0 Å². The van der Waals surface area contributed by atoms with Crippen molar-refractivity contribution >= 4 is 52.1 Å². The summed E-state index contributed by atoms with van der Waals surface area (Å²) in [5.41, 5.74) is 2.02. The Bertz CT molecular complexity index is 1210. The molecule has 5 N–H and O–H groups in total. The Morgan fingerprint density at radius 3 is 1.79 bits per heavy atom. The number of hydrogen-bond acceptors (Lipinski definition) is 11. The molecule has 43 heavy (non-hydrogen) atoms. The fraction of sp³-hybridized carbons (Fsp3) is 0.407. The largest absolute Gasteiger partial charge is 0.497 e. The molecular formula is C27H35N3O12S. The monoisotopic (exact) mass is 625 g/mol. The Balaban J connectivity index is 0.000000649. The number of aliphatic carboxylic acids is 4. The Labute approximate surface area is 251 Å². The van der Waals surface area contributed by atoms with Gasteiger partial charge in [0.2, 0.25) is 5.91 Å². The second-order valence-electron chi connectivity index (χ2n) is 8.60. The number of carbonyl (C=O) groups excluding carboxylic acids is 2. The molecule has 1 aliphatic heterocycles. The SMILES string of the molecule is CCOC(=O)c1c(-c2ccc(OC)cc2)csc1NC(=O)CCN1CCN(CC)CC1.O=C(O)C(=O)O.O=C(O)C(=O)O. The zero-order chi connectivity index (χ0) is 32.5. The Morgan fingerprint density at radius 2 is 1.35 bits per heavy atom. The number of ether oxygens (including phenoxy) is 2. The molecule has 15 nitrogen and oxygen atoms in total. The standard InChI is InChI=1S/C23H31N3O4S.2C2H2O4/c1-4-25-12-14-26(15-13-25)11-10-20(27)24-22-21(23(28)30-5-2)19(16-31-22)17-6-8-18(29-3)9-7-17;2*3-1(4)2(5)6/h6-9,16H,4-5,10-15H2,1-3H3,(H,24,27);2*(H,3,4)(H,5,6). The van der Waals surface area contributed by atoms with Crippen LogP contribution in [0.15, 0.2) is 29.6 Å². The predicted molar refractivity (Wildman–Crippen MR) is 155 cm³/mol. The van der Waals surface area contributed by atoms with Gasteiger partial charge < -0.3 is 45.0 Å². The number of nitrogens with zero attached hydrogens (tertiary/aromatic N) is 2. The third-order valence-electron chi connectivity index (χ3n) is 5.86. The molecule has 0 saturated carbocycles. The van der Waals surface area contributed by atoms with Crippen molar-refractivity contribution in [3.8, 4) is 16.9 Å². The Kier molecular flexibility index (Phi) is 16.0. The number of benzene rings is 1. The van der Waals surface area contributed by atoms with Crippen LogP contribution in [0, 0.1) is 0 Å². The van der Waals surface area contributed by atoms with E-state index >= 15 is 0 Å². The smallest absolute Gasteiger partial charge is 0.414 e. The third kappa shape index (κ3) is 12.9. The molecule has 1 amide bonds. The van der Waals surface area contributed by atoms with E-state index in [1.807, 2.05) is 29.6 Å². The summed E-state index contributed by atoms with van der Waals surface area (Å²) in [5, 5.41) is 34.9. The summed E-state index contributed by atoms with van der Waals surface area (Å²) < 4.78 is 10.5. The number of esters is 1. The molecule has 0 spiro atoms. The molecule has 2 aromatic rings. The van der Waals surface area contributed by atoms with Crippen molar-refractivity contribution in [3.05, 3.63) is 35.2 Å². The number of rotatable bonds is 9. The van der Waals surface area contributed by atoms with Crippen molar-refractivity contribution in [2.75, 3.05) is 58.3 Å². The van der Waals surface area contributed by atoms with Gasteiger partial charge in [-0.1, -0.05) is 19.1 Å². The summed E-state index contributed by atoms with van der Waals surface area (Å²) in [5.74, 6) is -7.08. The number of carbonyl (C=O) groups is 6. The summed E-state index contributed by atoms with van der Waals surface area (Å²) in [6.45, 7) is 10.1. The maximum atomic E-state index is 12.7. The zero-order valence-electron chi connectivity index (χ0n) is 23.9. The maximum Gasteiger partial charge on any atom is 0.414 e. The van der Waals surface area contributed by atoms with Gasteiger partial charge in [0.1, 0.15) is 16.3 Å². The number of carboxylic acid groups (broad SMARTS) is 4. The molecule has 1 aromatic heterocycles. The van der Waals surface area contributed by atoms with Crippen molar-refractivity contribution in [3.63, 3.8) is 0 Å². The second-order valence-corrected chi connectivity index (χ2v) is 9.48. The number of nitrogens with one attached hydrogen (secondary N) is 1. The van der Waals surface area contributed by atoms with E-state index in [1.165, 1.54) is 11.3 Å². The quantitative estimate of drug-likeness (QED) is 0.198. The van der Waals surface area contributed by atoms with E-state index in [9.17, 15) is 9.59 Å². The van der Waals surface area contributed by atoms with E-state index in [-0.39, 0.29) is 12.5 Å². The first kappa shape index (κ1) is 36.5. The average molecular weight is 626 g/mol. The first-order chi connectivity index (χ1) is 20.3. The molecule has 0 unspecified atom stereocenters. The molecule has 2 heterocycles. The van der Waals surface area contributed by atoms with E-state index in [2.05, 4.69) is 22.0 Å². The Hall–Kier alpha value is -4.54. The van der Waals surface area contributed by atoms with Crippen molar-refractivity contribution in [1.82, 2.24) is 9.80 Å². The predicted octanol–water partition coefficient (Wildman–Crippen LogP) is 1.88. The minimum absolute atomic E-state index is 0.0911. The lowest BCUT2D eigenvalue weighted by molar-refractivity contribution is -0.159. The van der Waals surface area contributed by atoms with Crippen LogP contribution >= 0.6 is 11.3 Å². The van der Waals surface area contributed by atoms with Gasteiger partial charge in [-0.15, -0.1) is 11.3 Å². The number of thiophene rings is 1. The molecule has 0 atom stereocenters. The summed E-state index contributed by atoms with van der Waals surface area (Å²) in [7, 11) is 1.61. The van der Waals surface area contributed by atoms with Crippen LogP contribution in [-0.2, 0) is 28.7 Å². The van der Waals surface area contributed by atoms with Gasteiger partial charge in [-0.3, -0.25) is 4.79 Å². The van der Waals surface area contributed by atoms with Crippen LogP contribution in [-0.4, -0.2) is 119 Å². The van der Waals surface area contributed by atoms with Gasteiger partial charge >= 0.3 is 29.8 Å². The van der Waals surface area contributed by atoms with E-state index in [4.69, 9.17) is 49.1 Å². The van der Waals surface area contributed by atoms with Crippen LogP contribution in [0.4, 0.5) is 5.00 Å². The zero-order valence-corrected chi connectivity index (χ0v) is 24.7. The van der Waals surface area contributed by atoms with Crippen LogP contribution < -0.4 is 10.1 Å². The van der Waals surface area contributed by atoms with Crippen molar-refractivity contribution in [1.29, 1.82) is 0 Å². The first-order valence-corrected chi connectivity index (χ1v) is 13.8. The Morgan fingerprint density at radius 1 is 0.837 bits per heavy atom. The number of carboxylic acids is 4. The number of piperazine rings is 1. The van der Waals surface area contributed by atoms with Gasteiger partial charge in [-0.2, -0.15) is 0 Å². The van der Waals surface area contributed by atoms with Crippen molar-refractivity contribution in [2.45, 2.75) is 20.3 Å². The van der Waals surface area contributed by atoms with Gasteiger partial charge in [-0.05, 0) is 31.2 Å². The highest BCUT2D eigenvalue weighted by Crippen LogP contribution is 2.37. The number of hydrogen-bond donors (Lipinski definition) is 5. The molecule has 0 radical (unpaired) electrons. The van der Waals surface area contributed by atoms with Crippen LogP contribution in [0.2, 0.25) is 0 Å². The summed E-state index contributed by atoms with van der Waals surface area (Å²) in [6.07, 6.45) is 0.393. The van der Waals surface area contributed by atoms with Crippen LogP contribution in [0.25, 0.3) is 11.1 Å². The van der Waals surface area contributed by atoms with Gasteiger partial charge in [-0.25, -0.2) is 24.0 Å². The fourth-order valence-electron chi connectivity index (χ4n) is 3.62. The number of anilines is 1. The second kappa shape index (κ2) is 18.8. The van der Waals surface area contributed by atoms with Gasteiger partial charge in [0, 0.05) is 50.1 Å². The summed E-state index contributed by atoms with van der Waals surface area (Å²) >= 11 is 1.34. The van der Waals surface area contributed by atoms with Crippen molar-refractivity contribution in [2.24, 2.45) is 0 Å². The third-order valence-corrected chi connectivity index (χ3v) is 6.75. The molecule has 0 bridgehead atoms. The highest BCUT2D eigenvalue weighted by molar-refractivity contribution is 7.15. The molecule has 1 saturated heterocycles. The van der Waals surface area contributed by atoms with Crippen LogP contribution in [0.1, 0.15) is 30.6 Å². The van der Waals surface area contributed by atoms with Crippen LogP contribution in [0.3, 0.4) is 0 Å². The molecule has 1 fully saturated rings. The number of amides is 1. The van der Waals surface area contributed by atoms with Gasteiger partial charge in [0.25, 0.3) is 0 Å². The summed E-state index contributed by atoms with van der Waals surface area (Å²) in [4.78, 5) is 66.4. The lowest BCUT2D eigenvalue weighted by atomic mass is 10.0. The minimum Gasteiger partial charge on any atom is -0.497 e. The van der Waals surface area contributed by atoms with E-state index < -0.39 is 29.8 Å². The fourth-order valence-corrected chi connectivity index (χ4v) is 4.59. The van der Waals surface area contributed by atoms with Gasteiger partial charge in [0.15, 0.2) is 0 Å². The molecule has 236 valence electrons. The average Bonchev–Trinajstić information content (AvgIpc) is 3.40. The normalized spacial score (nSPS) is 12.8. The van der Waals surface area contributed by atoms with E-state index in [0.29, 0.717) is 17.0 Å². The molecule has 3 rings (SSSR count). The summed E-state index contributed by atoms with van der Waals surface area (Å²) in [6, 6.07) is 7.48. The van der Waals surface area contributed by atoms with Gasteiger partial charge in [0.05, 0.1) is 13.7 Å². The maximum absolute atomic E-state index is 12.7. The lowest BCUT2D eigenvalue weighted by Gasteiger charge is -2.33. The van der Waals surface area contributed by atoms with Crippen molar-refractivity contribution < 1.29 is 58.7 Å². The topological polar surface area (TPSA) is 220 Å². The first-order valence-electron chi connectivity index (χ1n) is 12.9. The molecule has 0 aliphatic carbocycles. The van der Waals surface area contributed by atoms with Crippen LogP contribution in [0.5, 0.6) is 5.75 Å².